The van der Waals surface area contributed by atoms with Crippen LogP contribution >= 0.6 is 34.8 Å². The van der Waals surface area contributed by atoms with Crippen LogP contribution in [-0.2, 0) is 10.0 Å². The van der Waals surface area contributed by atoms with Crippen molar-refractivity contribution in [1.82, 2.24) is 4.72 Å². The SMILES string of the molecule is COc1ccc(Cl)cc1NC(=O)c1cc(S(=O)(=O)NC2CC2)c(Cl)cc1Cl. The van der Waals surface area contributed by atoms with Crippen LogP contribution in [0.15, 0.2) is 35.2 Å². The molecule has 2 aromatic rings. The minimum atomic E-state index is -3.86. The Balaban J connectivity index is 1.95. The molecule has 6 nitrogen and oxygen atoms in total. The molecule has 0 heterocycles. The third-order valence-electron chi connectivity index (χ3n) is 3.86. The van der Waals surface area contributed by atoms with E-state index in [2.05, 4.69) is 10.0 Å². The third kappa shape index (κ3) is 4.67. The molecule has 0 aromatic heterocycles. The van der Waals surface area contributed by atoms with Crippen molar-refractivity contribution >= 4 is 56.4 Å². The van der Waals surface area contributed by atoms with Gasteiger partial charge in [0, 0.05) is 11.1 Å². The molecule has 0 aliphatic heterocycles. The van der Waals surface area contributed by atoms with Gasteiger partial charge in [0.2, 0.25) is 10.0 Å². The zero-order valence-electron chi connectivity index (χ0n) is 14.1. The van der Waals surface area contributed by atoms with Gasteiger partial charge >= 0.3 is 0 Å². The highest BCUT2D eigenvalue weighted by Crippen LogP contribution is 2.32. The van der Waals surface area contributed by atoms with Crippen molar-refractivity contribution < 1.29 is 17.9 Å². The first-order valence-corrected chi connectivity index (χ1v) is 10.5. The van der Waals surface area contributed by atoms with Gasteiger partial charge in [-0.1, -0.05) is 34.8 Å². The van der Waals surface area contributed by atoms with Crippen molar-refractivity contribution in [3.05, 3.63) is 51.0 Å². The van der Waals surface area contributed by atoms with Crippen molar-refractivity contribution in [3.63, 3.8) is 0 Å². The van der Waals surface area contributed by atoms with Gasteiger partial charge in [-0.25, -0.2) is 13.1 Å². The van der Waals surface area contributed by atoms with E-state index in [-0.39, 0.29) is 26.5 Å². The number of ether oxygens (including phenoxy) is 1. The number of hydrogen-bond acceptors (Lipinski definition) is 4. The number of nitrogens with one attached hydrogen (secondary N) is 2. The van der Waals surface area contributed by atoms with Gasteiger partial charge in [-0.05, 0) is 43.2 Å². The molecule has 0 saturated heterocycles. The largest absolute Gasteiger partial charge is 0.495 e. The van der Waals surface area contributed by atoms with Crippen LogP contribution in [0.25, 0.3) is 0 Å². The molecule has 1 fully saturated rings. The quantitative estimate of drug-likeness (QED) is 0.687. The van der Waals surface area contributed by atoms with Crippen LogP contribution in [0.2, 0.25) is 15.1 Å². The maximum absolute atomic E-state index is 12.7. The smallest absolute Gasteiger partial charge is 0.257 e. The molecule has 2 N–H and O–H groups in total. The van der Waals surface area contributed by atoms with Gasteiger partial charge in [-0.15, -0.1) is 0 Å². The summed E-state index contributed by atoms with van der Waals surface area (Å²) in [4.78, 5) is 12.5. The van der Waals surface area contributed by atoms with Crippen molar-refractivity contribution in [2.24, 2.45) is 0 Å². The molecule has 27 heavy (non-hydrogen) atoms. The van der Waals surface area contributed by atoms with Crippen LogP contribution in [0, 0.1) is 0 Å². The molecule has 1 saturated carbocycles. The van der Waals surface area contributed by atoms with Gasteiger partial charge in [0.05, 0.1) is 28.4 Å². The molecule has 1 aliphatic carbocycles. The summed E-state index contributed by atoms with van der Waals surface area (Å²) in [6, 6.07) is 7.00. The molecule has 0 atom stereocenters. The Morgan fingerprint density at radius 1 is 1.11 bits per heavy atom. The van der Waals surface area contributed by atoms with Crippen molar-refractivity contribution in [2.45, 2.75) is 23.8 Å². The Labute approximate surface area is 171 Å². The molecule has 0 radical (unpaired) electrons. The van der Waals surface area contributed by atoms with Crippen molar-refractivity contribution in [3.8, 4) is 5.75 Å². The van der Waals surface area contributed by atoms with E-state index >= 15 is 0 Å². The first kappa shape index (κ1) is 20.2. The van der Waals surface area contributed by atoms with Crippen LogP contribution in [0.3, 0.4) is 0 Å². The lowest BCUT2D eigenvalue weighted by atomic mass is 10.2. The van der Waals surface area contributed by atoms with E-state index in [4.69, 9.17) is 39.5 Å². The summed E-state index contributed by atoms with van der Waals surface area (Å²) in [7, 11) is -2.41. The molecular weight excluding hydrogens is 435 g/mol. The number of hydrogen-bond donors (Lipinski definition) is 2. The van der Waals surface area contributed by atoms with Crippen LogP contribution < -0.4 is 14.8 Å². The van der Waals surface area contributed by atoms with Crippen LogP contribution in [0.1, 0.15) is 23.2 Å². The Morgan fingerprint density at radius 3 is 2.44 bits per heavy atom. The number of rotatable bonds is 6. The number of carbonyl (C=O) groups is 1. The van der Waals surface area contributed by atoms with Crippen LogP contribution in [-0.4, -0.2) is 27.5 Å². The highest BCUT2D eigenvalue weighted by atomic mass is 35.5. The summed E-state index contributed by atoms with van der Waals surface area (Å²) >= 11 is 18.1. The molecular formula is C17H15Cl3N2O4S. The fourth-order valence-electron chi connectivity index (χ4n) is 2.36. The lowest BCUT2D eigenvalue weighted by Gasteiger charge is -2.13. The number of methoxy groups -OCH3 is 1. The highest BCUT2D eigenvalue weighted by Gasteiger charge is 2.30. The topological polar surface area (TPSA) is 84.5 Å². The zero-order chi connectivity index (χ0) is 19.8. The van der Waals surface area contributed by atoms with Gasteiger partial charge in [0.15, 0.2) is 0 Å². The van der Waals surface area contributed by atoms with E-state index in [1.807, 2.05) is 0 Å². The summed E-state index contributed by atoms with van der Waals surface area (Å²) in [6.45, 7) is 0. The molecule has 0 bridgehead atoms. The van der Waals surface area contributed by atoms with Gasteiger partial charge in [-0.2, -0.15) is 0 Å². The Hall–Kier alpha value is -1.51. The molecule has 1 amide bonds. The second kappa shape index (κ2) is 7.85. The first-order valence-electron chi connectivity index (χ1n) is 7.87. The second-order valence-corrected chi connectivity index (χ2v) is 8.89. The van der Waals surface area contributed by atoms with E-state index in [0.29, 0.717) is 16.5 Å². The Morgan fingerprint density at radius 2 is 1.81 bits per heavy atom. The summed E-state index contributed by atoms with van der Waals surface area (Å²) in [6.07, 6.45) is 1.54. The molecule has 144 valence electrons. The summed E-state index contributed by atoms with van der Waals surface area (Å²) in [5, 5.41) is 2.97. The fraction of sp³-hybridized carbons (Fsp3) is 0.235. The molecule has 0 unspecified atom stereocenters. The molecule has 0 spiro atoms. The number of amides is 1. The first-order chi connectivity index (χ1) is 12.7. The number of halogens is 3. The number of carbonyl (C=O) groups excluding carboxylic acids is 1. The van der Waals surface area contributed by atoms with Crippen molar-refractivity contribution in [1.29, 1.82) is 0 Å². The Bertz CT molecular complexity index is 1010. The molecule has 10 heteroatoms. The molecule has 2 aromatic carbocycles. The number of benzene rings is 2. The third-order valence-corrected chi connectivity index (χ3v) is 6.40. The number of anilines is 1. The Kier molecular flexibility index (Phi) is 5.88. The average Bonchev–Trinajstić information content (AvgIpc) is 3.38. The highest BCUT2D eigenvalue weighted by molar-refractivity contribution is 7.89. The predicted octanol–water partition coefficient (Wildman–Crippen LogP) is 4.35. The monoisotopic (exact) mass is 448 g/mol. The minimum absolute atomic E-state index is 0.0175. The number of sulfonamides is 1. The van der Waals surface area contributed by atoms with E-state index in [1.165, 1.54) is 19.2 Å². The standard InChI is InChI=1S/C17H15Cl3N2O4S/c1-26-15-5-2-9(18)6-14(15)21-17(23)11-7-16(13(20)8-12(11)19)27(24,25)22-10-3-4-10/h2,5-8,10,22H,3-4H2,1H3,(H,21,23). The average molecular weight is 450 g/mol. The van der Waals surface area contributed by atoms with Gasteiger partial charge in [0.1, 0.15) is 10.6 Å². The second-order valence-electron chi connectivity index (χ2n) is 5.96. The lowest BCUT2D eigenvalue weighted by molar-refractivity contribution is 0.102. The minimum Gasteiger partial charge on any atom is -0.495 e. The fourth-order valence-corrected chi connectivity index (χ4v) is 4.70. The van der Waals surface area contributed by atoms with Crippen LogP contribution in [0.5, 0.6) is 5.75 Å². The molecule has 3 rings (SSSR count). The van der Waals surface area contributed by atoms with E-state index in [0.717, 1.165) is 18.9 Å². The van der Waals surface area contributed by atoms with E-state index in [9.17, 15) is 13.2 Å². The lowest BCUT2D eigenvalue weighted by Crippen LogP contribution is -2.26. The zero-order valence-corrected chi connectivity index (χ0v) is 17.1. The molecule has 1 aliphatic rings. The van der Waals surface area contributed by atoms with E-state index < -0.39 is 15.9 Å². The maximum atomic E-state index is 12.7. The maximum Gasteiger partial charge on any atom is 0.257 e. The summed E-state index contributed by atoms with van der Waals surface area (Å²) < 4.78 is 32.7. The summed E-state index contributed by atoms with van der Waals surface area (Å²) in [5.74, 6) is -0.235. The normalized spacial score (nSPS) is 14.1. The summed E-state index contributed by atoms with van der Waals surface area (Å²) in [5.41, 5.74) is 0.279. The van der Waals surface area contributed by atoms with Gasteiger partial charge in [0.25, 0.3) is 5.91 Å². The van der Waals surface area contributed by atoms with Crippen LogP contribution in [0.4, 0.5) is 5.69 Å². The van der Waals surface area contributed by atoms with Gasteiger partial charge < -0.3 is 10.1 Å². The van der Waals surface area contributed by atoms with E-state index in [1.54, 1.807) is 12.1 Å². The van der Waals surface area contributed by atoms with Gasteiger partial charge in [-0.3, -0.25) is 4.79 Å². The van der Waals surface area contributed by atoms with Crippen molar-refractivity contribution in [2.75, 3.05) is 12.4 Å². The predicted molar refractivity (Wildman–Crippen MR) is 106 cm³/mol.